The molecule has 0 unspecified atom stereocenters. The first kappa shape index (κ1) is 14.1. The van der Waals surface area contributed by atoms with Gasteiger partial charge in [0.1, 0.15) is 17.3 Å². The zero-order valence-corrected chi connectivity index (χ0v) is 12.6. The second-order valence-corrected chi connectivity index (χ2v) is 5.47. The van der Waals surface area contributed by atoms with Crippen LogP contribution >= 0.6 is 15.9 Å². The van der Waals surface area contributed by atoms with Crippen molar-refractivity contribution in [3.8, 4) is 0 Å². The summed E-state index contributed by atoms with van der Waals surface area (Å²) in [5.41, 5.74) is 3.14. The lowest BCUT2D eigenvalue weighted by atomic mass is 10.2. The lowest BCUT2D eigenvalue weighted by molar-refractivity contribution is 0.586. The molecule has 0 bridgehead atoms. The second-order valence-electron chi connectivity index (χ2n) is 4.55. The van der Waals surface area contributed by atoms with E-state index in [1.807, 2.05) is 31.5 Å². The summed E-state index contributed by atoms with van der Waals surface area (Å²) in [6.07, 6.45) is 0. The summed E-state index contributed by atoms with van der Waals surface area (Å²) in [4.78, 5) is 0. The predicted molar refractivity (Wildman–Crippen MR) is 76.3 cm³/mol. The SMILES string of the molecule is Cc1cc(CNc2c(F)cc(Br)cc2F)c(C)n1C. The summed E-state index contributed by atoms with van der Waals surface area (Å²) in [5, 5.41) is 2.82. The fourth-order valence-corrected chi connectivity index (χ4v) is 2.41. The van der Waals surface area contributed by atoms with Gasteiger partial charge in [-0.05, 0) is 37.6 Å². The van der Waals surface area contributed by atoms with E-state index in [0.29, 0.717) is 11.0 Å². The molecule has 0 saturated heterocycles. The van der Waals surface area contributed by atoms with Gasteiger partial charge in [-0.3, -0.25) is 0 Å². The molecule has 102 valence electrons. The van der Waals surface area contributed by atoms with Crippen molar-refractivity contribution < 1.29 is 8.78 Å². The van der Waals surface area contributed by atoms with Gasteiger partial charge in [-0.1, -0.05) is 15.9 Å². The summed E-state index contributed by atoms with van der Waals surface area (Å²) in [7, 11) is 1.97. The van der Waals surface area contributed by atoms with E-state index in [1.54, 1.807) is 0 Å². The molecule has 0 spiro atoms. The van der Waals surface area contributed by atoms with Gasteiger partial charge in [0.25, 0.3) is 0 Å². The molecule has 0 amide bonds. The Labute approximate surface area is 119 Å². The van der Waals surface area contributed by atoms with Gasteiger partial charge in [0.2, 0.25) is 0 Å². The van der Waals surface area contributed by atoms with Crippen LogP contribution in [-0.2, 0) is 13.6 Å². The minimum Gasteiger partial charge on any atom is -0.376 e. The van der Waals surface area contributed by atoms with E-state index in [-0.39, 0.29) is 5.69 Å². The first-order valence-corrected chi connectivity index (χ1v) is 6.69. The standard InChI is InChI=1S/C14H15BrF2N2/c1-8-4-10(9(2)19(8)3)7-18-14-12(16)5-11(15)6-13(14)17/h4-6,18H,7H2,1-3H3. The van der Waals surface area contributed by atoms with Crippen molar-refractivity contribution in [2.75, 3.05) is 5.32 Å². The van der Waals surface area contributed by atoms with Crippen molar-refractivity contribution in [1.29, 1.82) is 0 Å². The Kier molecular flexibility index (Phi) is 3.94. The molecule has 1 aromatic carbocycles. The van der Waals surface area contributed by atoms with Gasteiger partial charge in [0.05, 0.1) is 0 Å². The van der Waals surface area contributed by atoms with E-state index in [0.717, 1.165) is 17.0 Å². The monoisotopic (exact) mass is 328 g/mol. The third kappa shape index (κ3) is 2.81. The van der Waals surface area contributed by atoms with E-state index in [1.165, 1.54) is 12.1 Å². The molecular formula is C14H15BrF2N2. The Morgan fingerprint density at radius 1 is 1.16 bits per heavy atom. The number of hydrogen-bond acceptors (Lipinski definition) is 1. The van der Waals surface area contributed by atoms with Crippen LogP contribution in [0.1, 0.15) is 17.0 Å². The van der Waals surface area contributed by atoms with E-state index >= 15 is 0 Å². The topological polar surface area (TPSA) is 17.0 Å². The molecule has 1 N–H and O–H groups in total. The average molecular weight is 329 g/mol. The Morgan fingerprint density at radius 2 is 1.74 bits per heavy atom. The molecule has 0 radical (unpaired) electrons. The summed E-state index contributed by atoms with van der Waals surface area (Å²) in [5.74, 6) is -1.20. The normalized spacial score (nSPS) is 10.8. The molecule has 1 aromatic heterocycles. The van der Waals surface area contributed by atoms with E-state index in [9.17, 15) is 8.78 Å². The largest absolute Gasteiger partial charge is 0.376 e. The molecule has 0 saturated carbocycles. The van der Waals surface area contributed by atoms with E-state index in [4.69, 9.17) is 0 Å². The minimum absolute atomic E-state index is 0.0934. The zero-order chi connectivity index (χ0) is 14.2. The summed E-state index contributed by atoms with van der Waals surface area (Å²) >= 11 is 3.06. The average Bonchev–Trinajstić information content (AvgIpc) is 2.55. The first-order valence-electron chi connectivity index (χ1n) is 5.90. The molecule has 0 aliphatic rings. The number of anilines is 1. The van der Waals surface area contributed by atoms with Gasteiger partial charge in [0.15, 0.2) is 0 Å². The molecule has 0 atom stereocenters. The van der Waals surface area contributed by atoms with Gasteiger partial charge in [0, 0.05) is 29.5 Å². The van der Waals surface area contributed by atoms with Crippen molar-refractivity contribution in [2.45, 2.75) is 20.4 Å². The zero-order valence-electron chi connectivity index (χ0n) is 11.0. The van der Waals surface area contributed by atoms with Crippen LogP contribution in [0.5, 0.6) is 0 Å². The maximum absolute atomic E-state index is 13.7. The maximum Gasteiger partial charge on any atom is 0.150 e. The lowest BCUT2D eigenvalue weighted by Gasteiger charge is -2.09. The maximum atomic E-state index is 13.7. The van der Waals surface area contributed by atoms with Gasteiger partial charge >= 0.3 is 0 Å². The van der Waals surface area contributed by atoms with Crippen LogP contribution in [0.15, 0.2) is 22.7 Å². The fourth-order valence-electron chi connectivity index (χ4n) is 2.01. The number of nitrogens with zero attached hydrogens (tertiary/aromatic N) is 1. The molecule has 0 aliphatic heterocycles. The second kappa shape index (κ2) is 5.33. The van der Waals surface area contributed by atoms with Crippen LogP contribution < -0.4 is 5.32 Å². The molecule has 2 aromatic rings. The lowest BCUT2D eigenvalue weighted by Crippen LogP contribution is -2.05. The first-order chi connectivity index (χ1) is 8.90. The van der Waals surface area contributed by atoms with Crippen molar-refractivity contribution >= 4 is 21.6 Å². The predicted octanol–water partition coefficient (Wildman–Crippen LogP) is 4.29. The van der Waals surface area contributed by atoms with E-state index in [2.05, 4.69) is 21.2 Å². The number of halogens is 3. The number of benzene rings is 1. The Balaban J connectivity index is 2.21. The number of hydrogen-bond donors (Lipinski definition) is 1. The molecule has 5 heteroatoms. The van der Waals surface area contributed by atoms with Crippen molar-refractivity contribution in [2.24, 2.45) is 7.05 Å². The molecule has 0 fully saturated rings. The number of aromatic nitrogens is 1. The van der Waals surface area contributed by atoms with Crippen LogP contribution in [0.2, 0.25) is 0 Å². The van der Waals surface area contributed by atoms with Crippen LogP contribution in [0, 0.1) is 25.5 Å². The molecule has 19 heavy (non-hydrogen) atoms. The van der Waals surface area contributed by atoms with Crippen LogP contribution in [0.3, 0.4) is 0 Å². The van der Waals surface area contributed by atoms with E-state index < -0.39 is 11.6 Å². The number of aryl methyl sites for hydroxylation is 1. The summed E-state index contributed by atoms with van der Waals surface area (Å²) < 4.78 is 29.8. The highest BCUT2D eigenvalue weighted by Crippen LogP contribution is 2.25. The molecule has 1 heterocycles. The Bertz CT molecular complexity index is 597. The molecule has 2 rings (SSSR count). The minimum atomic E-state index is -0.600. The third-order valence-corrected chi connectivity index (χ3v) is 3.80. The van der Waals surface area contributed by atoms with Crippen molar-refractivity contribution in [1.82, 2.24) is 4.57 Å². The fraction of sp³-hybridized carbons (Fsp3) is 0.286. The quantitative estimate of drug-likeness (QED) is 0.889. The Hall–Kier alpha value is -1.36. The van der Waals surface area contributed by atoms with Crippen LogP contribution in [0.4, 0.5) is 14.5 Å². The van der Waals surface area contributed by atoms with Crippen molar-refractivity contribution in [3.05, 3.63) is 51.3 Å². The third-order valence-electron chi connectivity index (χ3n) is 3.34. The van der Waals surface area contributed by atoms with Gasteiger partial charge in [-0.2, -0.15) is 0 Å². The number of rotatable bonds is 3. The highest BCUT2D eigenvalue weighted by Gasteiger charge is 2.12. The highest BCUT2D eigenvalue weighted by atomic mass is 79.9. The Morgan fingerprint density at radius 3 is 2.21 bits per heavy atom. The van der Waals surface area contributed by atoms with Gasteiger partial charge in [-0.25, -0.2) is 8.78 Å². The van der Waals surface area contributed by atoms with Crippen molar-refractivity contribution in [3.63, 3.8) is 0 Å². The van der Waals surface area contributed by atoms with Crippen LogP contribution in [-0.4, -0.2) is 4.57 Å². The van der Waals surface area contributed by atoms with Gasteiger partial charge in [-0.15, -0.1) is 0 Å². The molecule has 2 nitrogen and oxygen atoms in total. The smallest absolute Gasteiger partial charge is 0.150 e. The molecule has 0 aliphatic carbocycles. The van der Waals surface area contributed by atoms with Crippen LogP contribution in [0.25, 0.3) is 0 Å². The highest BCUT2D eigenvalue weighted by molar-refractivity contribution is 9.10. The van der Waals surface area contributed by atoms with Gasteiger partial charge < -0.3 is 9.88 Å². The molecular weight excluding hydrogens is 314 g/mol. The summed E-state index contributed by atoms with van der Waals surface area (Å²) in [6.45, 7) is 4.37. The number of nitrogens with one attached hydrogen (secondary N) is 1. The summed E-state index contributed by atoms with van der Waals surface area (Å²) in [6, 6.07) is 4.50.